The van der Waals surface area contributed by atoms with Crippen molar-refractivity contribution in [2.75, 3.05) is 25.0 Å². The minimum atomic E-state index is -0.602. The molecular formula is C16H24FN3O. The molecule has 1 saturated heterocycles. The molecule has 0 aromatic heterocycles. The van der Waals surface area contributed by atoms with Crippen LogP contribution in [0.2, 0.25) is 0 Å². The molecule has 116 valence electrons. The number of rotatable bonds is 5. The summed E-state index contributed by atoms with van der Waals surface area (Å²) in [4.78, 5) is 13.7. The molecule has 0 saturated carbocycles. The average Bonchev–Trinajstić information content (AvgIpc) is 2.45. The van der Waals surface area contributed by atoms with E-state index in [1.165, 1.54) is 12.5 Å². The number of benzene rings is 1. The molecule has 0 unspecified atom stereocenters. The Morgan fingerprint density at radius 3 is 2.67 bits per heavy atom. The van der Waals surface area contributed by atoms with Crippen LogP contribution in [0.5, 0.6) is 0 Å². The van der Waals surface area contributed by atoms with Gasteiger partial charge in [0.2, 0.25) is 5.91 Å². The number of primary amides is 1. The van der Waals surface area contributed by atoms with Gasteiger partial charge in [0.1, 0.15) is 5.82 Å². The Kier molecular flexibility index (Phi) is 5.17. The predicted molar refractivity (Wildman–Crippen MR) is 83.0 cm³/mol. The van der Waals surface area contributed by atoms with Crippen LogP contribution in [0, 0.1) is 12.7 Å². The highest BCUT2D eigenvalue weighted by molar-refractivity contribution is 5.94. The fourth-order valence-electron chi connectivity index (χ4n) is 2.81. The lowest BCUT2D eigenvalue weighted by atomic mass is 10.0. The standard InChI is InChI=1S/C16H24FN3O/c1-3-6-20-7-4-13(5-8-20)19-15-10-12(16(18)21)9-14(17)11(15)2/h9-10,13,19H,3-8H2,1-2H3,(H2,18,21). The van der Waals surface area contributed by atoms with Gasteiger partial charge in [-0.15, -0.1) is 0 Å². The summed E-state index contributed by atoms with van der Waals surface area (Å²) in [7, 11) is 0. The molecule has 1 aromatic rings. The van der Waals surface area contributed by atoms with Gasteiger partial charge in [0.25, 0.3) is 0 Å². The molecule has 4 nitrogen and oxygen atoms in total. The van der Waals surface area contributed by atoms with Gasteiger partial charge >= 0.3 is 0 Å². The molecule has 3 N–H and O–H groups in total. The molecule has 1 aromatic carbocycles. The molecular weight excluding hydrogens is 269 g/mol. The zero-order valence-electron chi connectivity index (χ0n) is 12.8. The SMILES string of the molecule is CCCN1CCC(Nc2cc(C(N)=O)cc(F)c2C)CC1. The third kappa shape index (κ3) is 3.94. The lowest BCUT2D eigenvalue weighted by molar-refractivity contribution is 0.1000. The van der Waals surface area contributed by atoms with E-state index in [0.717, 1.165) is 32.5 Å². The van der Waals surface area contributed by atoms with Gasteiger partial charge in [0.05, 0.1) is 0 Å². The second-order valence-corrected chi connectivity index (χ2v) is 5.76. The third-order valence-electron chi connectivity index (χ3n) is 4.12. The molecule has 0 aliphatic carbocycles. The van der Waals surface area contributed by atoms with Crippen molar-refractivity contribution >= 4 is 11.6 Å². The number of piperidine rings is 1. The second-order valence-electron chi connectivity index (χ2n) is 5.76. The van der Waals surface area contributed by atoms with Crippen molar-refractivity contribution in [2.45, 2.75) is 39.2 Å². The molecule has 1 aliphatic rings. The van der Waals surface area contributed by atoms with Gasteiger partial charge in [-0.1, -0.05) is 6.92 Å². The van der Waals surface area contributed by atoms with Crippen molar-refractivity contribution in [3.05, 3.63) is 29.1 Å². The molecule has 1 amide bonds. The number of carbonyl (C=O) groups excluding carboxylic acids is 1. The monoisotopic (exact) mass is 293 g/mol. The van der Waals surface area contributed by atoms with Crippen molar-refractivity contribution < 1.29 is 9.18 Å². The summed E-state index contributed by atoms with van der Waals surface area (Å²) in [5.41, 5.74) is 6.67. The van der Waals surface area contributed by atoms with Crippen LogP contribution in [-0.2, 0) is 0 Å². The summed E-state index contributed by atoms with van der Waals surface area (Å²) >= 11 is 0. The summed E-state index contributed by atoms with van der Waals surface area (Å²) in [6.45, 7) is 7.16. The minimum Gasteiger partial charge on any atom is -0.382 e. The van der Waals surface area contributed by atoms with Crippen LogP contribution in [-0.4, -0.2) is 36.5 Å². The number of nitrogens with one attached hydrogen (secondary N) is 1. The first-order chi connectivity index (χ1) is 10.0. The number of nitrogens with two attached hydrogens (primary N) is 1. The maximum absolute atomic E-state index is 13.9. The van der Waals surface area contributed by atoms with Crippen LogP contribution < -0.4 is 11.1 Å². The summed E-state index contributed by atoms with van der Waals surface area (Å²) in [5.74, 6) is -0.994. The molecule has 1 fully saturated rings. The molecule has 0 radical (unpaired) electrons. The predicted octanol–water partition coefficient (Wildman–Crippen LogP) is 2.52. The van der Waals surface area contributed by atoms with Crippen LogP contribution >= 0.6 is 0 Å². The Labute approximate surface area is 125 Å². The molecule has 21 heavy (non-hydrogen) atoms. The molecule has 5 heteroatoms. The van der Waals surface area contributed by atoms with Gasteiger partial charge in [-0.2, -0.15) is 0 Å². The summed E-state index contributed by atoms with van der Waals surface area (Å²) in [6.07, 6.45) is 3.23. The first kappa shape index (κ1) is 15.8. The number of nitrogens with zero attached hydrogens (tertiary/aromatic N) is 1. The van der Waals surface area contributed by atoms with Crippen molar-refractivity contribution in [1.29, 1.82) is 0 Å². The molecule has 0 bridgehead atoms. The van der Waals surface area contributed by atoms with Crippen molar-refractivity contribution in [3.8, 4) is 0 Å². The Morgan fingerprint density at radius 1 is 1.43 bits per heavy atom. The van der Waals surface area contributed by atoms with E-state index in [-0.39, 0.29) is 5.56 Å². The maximum atomic E-state index is 13.9. The van der Waals surface area contributed by atoms with Crippen LogP contribution in [0.3, 0.4) is 0 Å². The fourth-order valence-corrected chi connectivity index (χ4v) is 2.81. The van der Waals surface area contributed by atoms with Crippen LogP contribution in [0.25, 0.3) is 0 Å². The minimum absolute atomic E-state index is 0.212. The van der Waals surface area contributed by atoms with E-state index in [2.05, 4.69) is 17.1 Å². The Morgan fingerprint density at radius 2 is 2.10 bits per heavy atom. The van der Waals surface area contributed by atoms with Gasteiger partial charge in [-0.05, 0) is 44.9 Å². The maximum Gasteiger partial charge on any atom is 0.248 e. The van der Waals surface area contributed by atoms with Gasteiger partial charge in [0, 0.05) is 35.9 Å². The van der Waals surface area contributed by atoms with Crippen LogP contribution in [0.4, 0.5) is 10.1 Å². The molecule has 1 aliphatic heterocycles. The van der Waals surface area contributed by atoms with Gasteiger partial charge in [0.15, 0.2) is 0 Å². The number of hydrogen-bond acceptors (Lipinski definition) is 3. The van der Waals surface area contributed by atoms with Crippen LogP contribution in [0.1, 0.15) is 42.1 Å². The summed E-state index contributed by atoms with van der Waals surface area (Å²) in [6, 6.07) is 3.17. The lowest BCUT2D eigenvalue weighted by Crippen LogP contribution is -2.39. The fraction of sp³-hybridized carbons (Fsp3) is 0.562. The molecule has 0 spiro atoms. The Balaban J connectivity index is 2.05. The van der Waals surface area contributed by atoms with Gasteiger partial charge in [-0.3, -0.25) is 4.79 Å². The van der Waals surface area contributed by atoms with E-state index in [4.69, 9.17) is 5.73 Å². The van der Waals surface area contributed by atoms with E-state index in [9.17, 15) is 9.18 Å². The van der Waals surface area contributed by atoms with Gasteiger partial charge in [-0.25, -0.2) is 4.39 Å². The molecule has 1 heterocycles. The largest absolute Gasteiger partial charge is 0.382 e. The number of hydrogen-bond donors (Lipinski definition) is 2. The molecule has 0 atom stereocenters. The van der Waals surface area contributed by atoms with Crippen molar-refractivity contribution in [2.24, 2.45) is 5.73 Å². The normalized spacial score (nSPS) is 16.9. The van der Waals surface area contributed by atoms with E-state index in [1.807, 2.05) is 0 Å². The topological polar surface area (TPSA) is 58.4 Å². The number of likely N-dealkylation sites (tertiary alicyclic amines) is 1. The average molecular weight is 293 g/mol. The number of anilines is 1. The number of carbonyl (C=O) groups is 1. The second kappa shape index (κ2) is 6.89. The van der Waals surface area contributed by atoms with Crippen molar-refractivity contribution in [3.63, 3.8) is 0 Å². The summed E-state index contributed by atoms with van der Waals surface area (Å²) in [5, 5.41) is 3.37. The first-order valence-electron chi connectivity index (χ1n) is 7.60. The van der Waals surface area contributed by atoms with E-state index in [1.54, 1.807) is 13.0 Å². The summed E-state index contributed by atoms with van der Waals surface area (Å²) < 4.78 is 13.9. The highest BCUT2D eigenvalue weighted by Gasteiger charge is 2.20. The van der Waals surface area contributed by atoms with Gasteiger partial charge < -0.3 is 16.0 Å². The zero-order valence-corrected chi connectivity index (χ0v) is 12.8. The Bertz CT molecular complexity index is 510. The quantitative estimate of drug-likeness (QED) is 0.877. The van der Waals surface area contributed by atoms with E-state index >= 15 is 0 Å². The van der Waals surface area contributed by atoms with Crippen LogP contribution in [0.15, 0.2) is 12.1 Å². The smallest absolute Gasteiger partial charge is 0.248 e. The Hall–Kier alpha value is -1.62. The number of amides is 1. The molecule has 2 rings (SSSR count). The highest BCUT2D eigenvalue weighted by Crippen LogP contribution is 2.24. The third-order valence-corrected chi connectivity index (χ3v) is 4.12. The van der Waals surface area contributed by atoms with E-state index in [0.29, 0.717) is 17.3 Å². The van der Waals surface area contributed by atoms with Crippen molar-refractivity contribution in [1.82, 2.24) is 4.90 Å². The lowest BCUT2D eigenvalue weighted by Gasteiger charge is -2.33. The zero-order chi connectivity index (χ0) is 15.4. The first-order valence-corrected chi connectivity index (χ1v) is 7.60. The van der Waals surface area contributed by atoms with E-state index < -0.39 is 11.7 Å². The number of halogens is 1. The highest BCUT2D eigenvalue weighted by atomic mass is 19.1.